The molecule has 21 heavy (non-hydrogen) atoms. The summed E-state index contributed by atoms with van der Waals surface area (Å²) in [4.78, 5) is 12.9. The Balaban J connectivity index is 1.79. The standard InChI is InChI=1S/C16H17FN2OS/c1-21-15-7-3-6-14(11-15)19-16(20)18-9-8-12-4-2-5-13(17)10-12/h2-7,10-11H,8-9H2,1H3,(H2,18,19,20). The number of amides is 2. The zero-order valence-electron chi connectivity index (χ0n) is 11.7. The maximum atomic E-state index is 13.0. The lowest BCUT2D eigenvalue weighted by molar-refractivity contribution is 0.252. The van der Waals surface area contributed by atoms with Crippen molar-refractivity contribution in [1.82, 2.24) is 5.32 Å². The van der Waals surface area contributed by atoms with Crippen molar-refractivity contribution in [3.63, 3.8) is 0 Å². The molecular formula is C16H17FN2OS. The summed E-state index contributed by atoms with van der Waals surface area (Å²) in [7, 11) is 0. The molecule has 0 radical (unpaired) electrons. The zero-order chi connectivity index (χ0) is 15.1. The molecule has 2 aromatic carbocycles. The Labute approximate surface area is 127 Å². The Morgan fingerprint density at radius 3 is 2.76 bits per heavy atom. The quantitative estimate of drug-likeness (QED) is 0.822. The molecule has 0 aliphatic heterocycles. The van der Waals surface area contributed by atoms with E-state index in [1.54, 1.807) is 17.8 Å². The zero-order valence-corrected chi connectivity index (χ0v) is 12.5. The maximum absolute atomic E-state index is 13.0. The van der Waals surface area contributed by atoms with Crippen molar-refractivity contribution in [3.8, 4) is 0 Å². The topological polar surface area (TPSA) is 41.1 Å². The van der Waals surface area contributed by atoms with Gasteiger partial charge >= 0.3 is 6.03 Å². The van der Waals surface area contributed by atoms with Gasteiger partial charge in [0.2, 0.25) is 0 Å². The van der Waals surface area contributed by atoms with Gasteiger partial charge in [-0.15, -0.1) is 11.8 Å². The van der Waals surface area contributed by atoms with Crippen molar-refractivity contribution in [2.75, 3.05) is 18.1 Å². The van der Waals surface area contributed by atoms with Crippen LogP contribution in [-0.4, -0.2) is 18.8 Å². The van der Waals surface area contributed by atoms with Crippen LogP contribution in [-0.2, 0) is 6.42 Å². The van der Waals surface area contributed by atoms with Crippen molar-refractivity contribution in [1.29, 1.82) is 0 Å². The van der Waals surface area contributed by atoms with Crippen LogP contribution < -0.4 is 10.6 Å². The van der Waals surface area contributed by atoms with E-state index in [4.69, 9.17) is 0 Å². The van der Waals surface area contributed by atoms with Crippen molar-refractivity contribution in [2.45, 2.75) is 11.3 Å². The fourth-order valence-electron chi connectivity index (χ4n) is 1.89. The molecule has 0 spiro atoms. The molecule has 3 nitrogen and oxygen atoms in total. The van der Waals surface area contributed by atoms with Crippen LogP contribution in [0.5, 0.6) is 0 Å². The summed E-state index contributed by atoms with van der Waals surface area (Å²) in [5, 5.41) is 5.53. The highest BCUT2D eigenvalue weighted by Crippen LogP contribution is 2.18. The van der Waals surface area contributed by atoms with Gasteiger partial charge in [-0.25, -0.2) is 9.18 Å². The van der Waals surface area contributed by atoms with Gasteiger partial charge < -0.3 is 10.6 Å². The predicted molar refractivity (Wildman–Crippen MR) is 85.3 cm³/mol. The number of hydrogen-bond donors (Lipinski definition) is 2. The van der Waals surface area contributed by atoms with E-state index in [1.807, 2.05) is 36.6 Å². The third-order valence-corrected chi connectivity index (χ3v) is 3.64. The van der Waals surface area contributed by atoms with Crippen LogP contribution in [0.25, 0.3) is 0 Å². The van der Waals surface area contributed by atoms with Crippen molar-refractivity contribution < 1.29 is 9.18 Å². The molecule has 0 saturated heterocycles. The Morgan fingerprint density at radius 2 is 2.00 bits per heavy atom. The van der Waals surface area contributed by atoms with Crippen molar-refractivity contribution in [2.24, 2.45) is 0 Å². The molecule has 0 atom stereocenters. The molecule has 0 fully saturated rings. The summed E-state index contributed by atoms with van der Waals surface area (Å²) in [6, 6.07) is 13.8. The van der Waals surface area contributed by atoms with Crippen LogP contribution in [0, 0.1) is 5.82 Å². The van der Waals surface area contributed by atoms with Crippen LogP contribution in [0.1, 0.15) is 5.56 Å². The van der Waals surface area contributed by atoms with E-state index in [1.165, 1.54) is 12.1 Å². The minimum absolute atomic E-state index is 0.258. The fraction of sp³-hybridized carbons (Fsp3) is 0.188. The Kier molecular flexibility index (Phi) is 5.63. The molecule has 2 N–H and O–H groups in total. The van der Waals surface area contributed by atoms with Gasteiger partial charge in [-0.1, -0.05) is 18.2 Å². The third-order valence-electron chi connectivity index (χ3n) is 2.92. The van der Waals surface area contributed by atoms with Gasteiger partial charge in [-0.2, -0.15) is 0 Å². The first-order chi connectivity index (χ1) is 10.2. The van der Waals surface area contributed by atoms with Crippen LogP contribution in [0.4, 0.5) is 14.9 Å². The first-order valence-electron chi connectivity index (χ1n) is 6.61. The van der Waals surface area contributed by atoms with E-state index in [-0.39, 0.29) is 11.8 Å². The molecule has 2 amide bonds. The second kappa shape index (κ2) is 7.69. The van der Waals surface area contributed by atoms with Gasteiger partial charge in [-0.3, -0.25) is 0 Å². The minimum atomic E-state index is -0.260. The first kappa shape index (κ1) is 15.4. The van der Waals surface area contributed by atoms with Gasteiger partial charge in [0, 0.05) is 17.1 Å². The molecule has 5 heteroatoms. The fourth-order valence-corrected chi connectivity index (χ4v) is 2.35. The van der Waals surface area contributed by atoms with E-state index in [0.717, 1.165) is 16.1 Å². The number of carbonyl (C=O) groups is 1. The molecule has 0 bridgehead atoms. The lowest BCUT2D eigenvalue weighted by Gasteiger charge is -2.08. The summed E-state index contributed by atoms with van der Waals surface area (Å²) >= 11 is 1.62. The SMILES string of the molecule is CSc1cccc(NC(=O)NCCc2cccc(F)c2)c1. The maximum Gasteiger partial charge on any atom is 0.319 e. The molecule has 0 unspecified atom stereocenters. The normalized spacial score (nSPS) is 10.2. The molecule has 110 valence electrons. The largest absolute Gasteiger partial charge is 0.338 e. The average molecular weight is 304 g/mol. The smallest absolute Gasteiger partial charge is 0.319 e. The van der Waals surface area contributed by atoms with Gasteiger partial charge in [0.25, 0.3) is 0 Å². The van der Waals surface area contributed by atoms with E-state index >= 15 is 0 Å². The van der Waals surface area contributed by atoms with E-state index < -0.39 is 0 Å². The molecule has 2 aromatic rings. The molecule has 2 rings (SSSR count). The van der Waals surface area contributed by atoms with Crippen molar-refractivity contribution in [3.05, 3.63) is 59.9 Å². The van der Waals surface area contributed by atoms with Crippen LogP contribution in [0.15, 0.2) is 53.4 Å². The highest BCUT2D eigenvalue weighted by Gasteiger charge is 2.02. The number of benzene rings is 2. The monoisotopic (exact) mass is 304 g/mol. The van der Waals surface area contributed by atoms with Gasteiger partial charge in [0.15, 0.2) is 0 Å². The van der Waals surface area contributed by atoms with Crippen LogP contribution in [0.2, 0.25) is 0 Å². The first-order valence-corrected chi connectivity index (χ1v) is 7.83. The highest BCUT2D eigenvalue weighted by atomic mass is 32.2. The molecule has 0 saturated carbocycles. The molecule has 0 heterocycles. The summed E-state index contributed by atoms with van der Waals surface area (Å²) in [6.45, 7) is 0.456. The molecular weight excluding hydrogens is 287 g/mol. The number of nitrogens with one attached hydrogen (secondary N) is 2. The lowest BCUT2D eigenvalue weighted by atomic mass is 10.1. The summed E-state index contributed by atoms with van der Waals surface area (Å²) in [5.41, 5.74) is 1.62. The van der Waals surface area contributed by atoms with Gasteiger partial charge in [0.1, 0.15) is 5.82 Å². The lowest BCUT2D eigenvalue weighted by Crippen LogP contribution is -2.30. The van der Waals surface area contributed by atoms with Crippen LogP contribution >= 0.6 is 11.8 Å². The Hall–Kier alpha value is -2.01. The Morgan fingerprint density at radius 1 is 1.19 bits per heavy atom. The molecule has 0 aromatic heterocycles. The highest BCUT2D eigenvalue weighted by molar-refractivity contribution is 7.98. The number of urea groups is 1. The minimum Gasteiger partial charge on any atom is -0.338 e. The molecule has 0 aliphatic rings. The van der Waals surface area contributed by atoms with Gasteiger partial charge in [-0.05, 0) is 48.6 Å². The van der Waals surface area contributed by atoms with Crippen LogP contribution in [0.3, 0.4) is 0 Å². The van der Waals surface area contributed by atoms with Gasteiger partial charge in [0.05, 0.1) is 0 Å². The second-order valence-corrected chi connectivity index (χ2v) is 5.37. The predicted octanol–water partition coefficient (Wildman–Crippen LogP) is 3.91. The number of thioether (sulfide) groups is 1. The second-order valence-electron chi connectivity index (χ2n) is 4.49. The summed E-state index contributed by atoms with van der Waals surface area (Å²) < 4.78 is 13.0. The number of rotatable bonds is 5. The molecule has 0 aliphatic carbocycles. The van der Waals surface area contributed by atoms with Crippen molar-refractivity contribution >= 4 is 23.5 Å². The number of halogens is 1. The third kappa shape index (κ3) is 5.11. The van der Waals surface area contributed by atoms with E-state index in [9.17, 15) is 9.18 Å². The van der Waals surface area contributed by atoms with E-state index in [0.29, 0.717) is 13.0 Å². The number of carbonyl (C=O) groups excluding carboxylic acids is 1. The Bertz CT molecular complexity index is 619. The number of hydrogen-bond acceptors (Lipinski definition) is 2. The summed E-state index contributed by atoms with van der Waals surface area (Å²) in [5.74, 6) is -0.258. The summed E-state index contributed by atoms with van der Waals surface area (Å²) in [6.07, 6.45) is 2.58. The van der Waals surface area contributed by atoms with E-state index in [2.05, 4.69) is 10.6 Å². The average Bonchev–Trinajstić information content (AvgIpc) is 2.47. The number of anilines is 1.